The Balaban J connectivity index is 1.95. The van der Waals surface area contributed by atoms with Crippen molar-refractivity contribution < 1.29 is 9.59 Å². The summed E-state index contributed by atoms with van der Waals surface area (Å²) < 4.78 is 0. The van der Waals surface area contributed by atoms with E-state index in [1.807, 2.05) is 4.90 Å². The third-order valence-corrected chi connectivity index (χ3v) is 3.04. The van der Waals surface area contributed by atoms with Crippen LogP contribution in [0.3, 0.4) is 0 Å². The van der Waals surface area contributed by atoms with Gasteiger partial charge in [0, 0.05) is 26.2 Å². The molecule has 2 heterocycles. The molecule has 1 fully saturated rings. The van der Waals surface area contributed by atoms with Crippen molar-refractivity contribution in [2.24, 2.45) is 5.73 Å². The topological polar surface area (TPSA) is 108 Å². The molecule has 3 N–H and O–H groups in total. The van der Waals surface area contributed by atoms with Gasteiger partial charge in [-0.2, -0.15) is 0 Å². The van der Waals surface area contributed by atoms with Crippen LogP contribution in [0.15, 0.2) is 0 Å². The molecule has 0 aromatic carbocycles. The largest absolute Gasteiger partial charge is 0.369 e. The van der Waals surface area contributed by atoms with E-state index in [-0.39, 0.29) is 24.2 Å². The first-order chi connectivity index (χ1) is 9.06. The number of H-pyrrole nitrogens is 1. The van der Waals surface area contributed by atoms with Crippen LogP contribution in [0, 0.1) is 6.92 Å². The normalized spacial score (nSPS) is 17.2. The van der Waals surface area contributed by atoms with Gasteiger partial charge in [0.05, 0.1) is 6.54 Å². The van der Waals surface area contributed by atoms with Crippen LogP contribution in [0.1, 0.15) is 22.9 Å². The number of aromatic nitrogens is 3. The van der Waals surface area contributed by atoms with Crippen LogP contribution in [0.5, 0.6) is 0 Å². The number of nitrogens with two attached hydrogens (primary N) is 1. The number of hydrogen-bond donors (Lipinski definition) is 2. The summed E-state index contributed by atoms with van der Waals surface area (Å²) in [5, 5.41) is 6.53. The van der Waals surface area contributed by atoms with Gasteiger partial charge in [0.1, 0.15) is 5.82 Å². The molecule has 0 aliphatic carbocycles. The van der Waals surface area contributed by atoms with Gasteiger partial charge in [-0.05, 0) is 13.3 Å². The molecular weight excluding hydrogens is 248 g/mol. The van der Waals surface area contributed by atoms with Crippen molar-refractivity contribution in [3.8, 4) is 0 Å². The lowest BCUT2D eigenvalue weighted by Crippen LogP contribution is -2.38. The molecule has 0 bridgehead atoms. The molecule has 0 spiro atoms. The fraction of sp³-hybridized carbons (Fsp3) is 0.636. The number of rotatable bonds is 3. The SMILES string of the molecule is Cc1nc(C(=O)N2CCCN(CC(N)=O)CC2)n[nH]1. The van der Waals surface area contributed by atoms with Crippen molar-refractivity contribution in [2.45, 2.75) is 13.3 Å². The lowest BCUT2D eigenvalue weighted by molar-refractivity contribution is -0.119. The highest BCUT2D eigenvalue weighted by Crippen LogP contribution is 2.06. The number of nitrogens with one attached hydrogen (secondary N) is 1. The first-order valence-electron chi connectivity index (χ1n) is 6.25. The molecule has 0 radical (unpaired) electrons. The molecular formula is C11H18N6O2. The summed E-state index contributed by atoms with van der Waals surface area (Å²) in [7, 11) is 0. The van der Waals surface area contributed by atoms with Crippen LogP contribution in [0.25, 0.3) is 0 Å². The van der Waals surface area contributed by atoms with E-state index in [0.29, 0.717) is 25.5 Å². The maximum atomic E-state index is 12.2. The number of amides is 2. The average Bonchev–Trinajstić information content (AvgIpc) is 2.65. The van der Waals surface area contributed by atoms with Gasteiger partial charge >= 0.3 is 0 Å². The van der Waals surface area contributed by atoms with Crippen LogP contribution in [-0.2, 0) is 4.79 Å². The third-order valence-electron chi connectivity index (χ3n) is 3.04. The highest BCUT2D eigenvalue weighted by Gasteiger charge is 2.23. The van der Waals surface area contributed by atoms with Gasteiger partial charge in [-0.15, -0.1) is 5.10 Å². The molecule has 1 aromatic rings. The van der Waals surface area contributed by atoms with E-state index >= 15 is 0 Å². The minimum absolute atomic E-state index is 0.176. The average molecular weight is 266 g/mol. The van der Waals surface area contributed by atoms with Crippen LogP contribution in [0.2, 0.25) is 0 Å². The van der Waals surface area contributed by atoms with Crippen molar-refractivity contribution in [2.75, 3.05) is 32.7 Å². The molecule has 104 valence electrons. The van der Waals surface area contributed by atoms with Crippen LogP contribution in [-0.4, -0.2) is 69.5 Å². The van der Waals surface area contributed by atoms with Crippen molar-refractivity contribution in [1.29, 1.82) is 0 Å². The van der Waals surface area contributed by atoms with Crippen LogP contribution in [0.4, 0.5) is 0 Å². The highest BCUT2D eigenvalue weighted by atomic mass is 16.2. The van der Waals surface area contributed by atoms with Gasteiger partial charge in [-0.25, -0.2) is 4.98 Å². The van der Waals surface area contributed by atoms with Crippen molar-refractivity contribution >= 4 is 11.8 Å². The van der Waals surface area contributed by atoms with Crippen molar-refractivity contribution in [1.82, 2.24) is 25.0 Å². The molecule has 1 aliphatic rings. The fourth-order valence-electron chi connectivity index (χ4n) is 2.13. The van der Waals surface area contributed by atoms with E-state index in [0.717, 1.165) is 13.0 Å². The molecule has 1 aliphatic heterocycles. The Kier molecular flexibility index (Phi) is 4.10. The van der Waals surface area contributed by atoms with Crippen LogP contribution < -0.4 is 5.73 Å². The third kappa shape index (κ3) is 3.50. The minimum Gasteiger partial charge on any atom is -0.369 e. The zero-order valence-electron chi connectivity index (χ0n) is 10.9. The number of carbonyl (C=O) groups is 2. The number of nitrogens with zero attached hydrogens (tertiary/aromatic N) is 4. The second-order valence-corrected chi connectivity index (χ2v) is 4.63. The van der Waals surface area contributed by atoms with E-state index in [9.17, 15) is 9.59 Å². The molecule has 0 saturated carbocycles. The molecule has 19 heavy (non-hydrogen) atoms. The molecule has 8 nitrogen and oxygen atoms in total. The van der Waals surface area contributed by atoms with Gasteiger partial charge in [-0.3, -0.25) is 19.6 Å². The number of aryl methyl sites for hydroxylation is 1. The Labute approximate surface area is 111 Å². The predicted molar refractivity (Wildman–Crippen MR) is 67.3 cm³/mol. The molecule has 0 unspecified atom stereocenters. The molecule has 1 saturated heterocycles. The molecule has 2 amide bonds. The summed E-state index contributed by atoms with van der Waals surface area (Å²) in [6.45, 7) is 4.59. The number of primary amides is 1. The van der Waals surface area contributed by atoms with E-state index < -0.39 is 0 Å². The maximum Gasteiger partial charge on any atom is 0.293 e. The Morgan fingerprint density at radius 3 is 2.74 bits per heavy atom. The monoisotopic (exact) mass is 266 g/mol. The summed E-state index contributed by atoms with van der Waals surface area (Å²) in [6, 6.07) is 0. The first-order valence-corrected chi connectivity index (χ1v) is 6.25. The summed E-state index contributed by atoms with van der Waals surface area (Å²) >= 11 is 0. The van der Waals surface area contributed by atoms with Crippen molar-refractivity contribution in [3.63, 3.8) is 0 Å². The fourth-order valence-corrected chi connectivity index (χ4v) is 2.13. The standard InChI is InChI=1S/C11H18N6O2/c1-8-13-10(15-14-8)11(19)17-4-2-3-16(5-6-17)7-9(12)18/h2-7H2,1H3,(H2,12,18)(H,13,14,15). The molecule has 1 aromatic heterocycles. The zero-order valence-corrected chi connectivity index (χ0v) is 10.9. The van der Waals surface area contributed by atoms with Gasteiger partial charge in [0.2, 0.25) is 11.7 Å². The second kappa shape index (κ2) is 5.79. The lowest BCUT2D eigenvalue weighted by atomic mass is 10.3. The van der Waals surface area contributed by atoms with Crippen molar-refractivity contribution in [3.05, 3.63) is 11.6 Å². The predicted octanol–water partition coefficient (Wildman–Crippen LogP) is -1.25. The Hall–Kier alpha value is -1.96. The van der Waals surface area contributed by atoms with Gasteiger partial charge in [0.25, 0.3) is 5.91 Å². The summed E-state index contributed by atoms with van der Waals surface area (Å²) in [5.74, 6) is 0.295. The van der Waals surface area contributed by atoms with Gasteiger partial charge < -0.3 is 10.6 Å². The smallest absolute Gasteiger partial charge is 0.293 e. The Morgan fingerprint density at radius 1 is 1.32 bits per heavy atom. The quantitative estimate of drug-likeness (QED) is 0.710. The Morgan fingerprint density at radius 2 is 2.11 bits per heavy atom. The molecule has 0 atom stereocenters. The van der Waals surface area contributed by atoms with E-state index in [4.69, 9.17) is 5.73 Å². The zero-order chi connectivity index (χ0) is 13.8. The second-order valence-electron chi connectivity index (χ2n) is 4.63. The number of aromatic amines is 1. The van der Waals surface area contributed by atoms with Crippen LogP contribution >= 0.6 is 0 Å². The van der Waals surface area contributed by atoms with E-state index in [1.54, 1.807) is 11.8 Å². The van der Waals surface area contributed by atoms with E-state index in [2.05, 4.69) is 15.2 Å². The van der Waals surface area contributed by atoms with Gasteiger partial charge in [-0.1, -0.05) is 0 Å². The highest BCUT2D eigenvalue weighted by molar-refractivity contribution is 5.90. The van der Waals surface area contributed by atoms with Gasteiger partial charge in [0.15, 0.2) is 0 Å². The summed E-state index contributed by atoms with van der Waals surface area (Å²) in [6.07, 6.45) is 0.808. The molecule has 8 heteroatoms. The minimum atomic E-state index is -0.343. The maximum absolute atomic E-state index is 12.2. The molecule has 2 rings (SSSR count). The first kappa shape index (κ1) is 13.5. The number of carbonyl (C=O) groups excluding carboxylic acids is 2. The van der Waals surface area contributed by atoms with E-state index in [1.165, 1.54) is 0 Å². The lowest BCUT2D eigenvalue weighted by Gasteiger charge is -2.19. The number of hydrogen-bond acceptors (Lipinski definition) is 5. The Bertz CT molecular complexity index is 472. The summed E-state index contributed by atoms with van der Waals surface area (Å²) in [4.78, 5) is 30.8. The summed E-state index contributed by atoms with van der Waals surface area (Å²) in [5.41, 5.74) is 5.18.